The van der Waals surface area contributed by atoms with E-state index in [2.05, 4.69) is 10.3 Å². The van der Waals surface area contributed by atoms with Gasteiger partial charge in [0.05, 0.1) is 7.11 Å². The highest BCUT2D eigenvalue weighted by Crippen LogP contribution is 2.26. The highest BCUT2D eigenvalue weighted by Gasteiger charge is 2.13. The van der Waals surface area contributed by atoms with Gasteiger partial charge in [0.25, 0.3) is 0 Å². The van der Waals surface area contributed by atoms with E-state index in [0.29, 0.717) is 35.7 Å². The number of aromatic nitrogens is 3. The Balaban J connectivity index is 2.18. The molecule has 19 heavy (non-hydrogen) atoms. The van der Waals surface area contributed by atoms with Crippen molar-refractivity contribution in [3.8, 4) is 11.5 Å². The summed E-state index contributed by atoms with van der Waals surface area (Å²) in [4.78, 5) is 10.9. The maximum atomic E-state index is 10.9. The van der Waals surface area contributed by atoms with Crippen molar-refractivity contribution in [2.24, 2.45) is 0 Å². The maximum Gasteiger partial charge on any atom is 0.172 e. The van der Waals surface area contributed by atoms with E-state index >= 15 is 0 Å². The lowest BCUT2D eigenvalue weighted by Crippen LogP contribution is -2.08. The van der Waals surface area contributed by atoms with Crippen molar-refractivity contribution in [2.45, 2.75) is 20.1 Å². The first kappa shape index (κ1) is 13.1. The summed E-state index contributed by atoms with van der Waals surface area (Å²) in [6.45, 7) is 2.77. The van der Waals surface area contributed by atoms with Crippen LogP contribution in [0.1, 0.15) is 23.1 Å². The van der Waals surface area contributed by atoms with Crippen LogP contribution in [0.15, 0.2) is 24.3 Å². The van der Waals surface area contributed by atoms with Crippen molar-refractivity contribution in [3.05, 3.63) is 35.7 Å². The molecule has 1 aromatic heterocycles. The molecule has 0 fully saturated rings. The average molecular weight is 261 g/mol. The Labute approximate surface area is 110 Å². The van der Waals surface area contributed by atoms with E-state index in [1.54, 1.807) is 17.9 Å². The van der Waals surface area contributed by atoms with Gasteiger partial charge in [-0.1, -0.05) is 17.3 Å². The van der Waals surface area contributed by atoms with Crippen LogP contribution in [0.25, 0.3) is 0 Å². The Morgan fingerprint density at radius 3 is 2.68 bits per heavy atom. The van der Waals surface area contributed by atoms with Gasteiger partial charge in [-0.15, -0.1) is 5.10 Å². The number of para-hydroxylation sites is 2. The van der Waals surface area contributed by atoms with Gasteiger partial charge in [0.2, 0.25) is 0 Å². The molecule has 0 aliphatic heterocycles. The summed E-state index contributed by atoms with van der Waals surface area (Å²) in [5, 5.41) is 7.68. The molecule has 0 saturated heterocycles. The van der Waals surface area contributed by atoms with Crippen LogP contribution in [-0.4, -0.2) is 28.4 Å². The van der Waals surface area contributed by atoms with Crippen molar-refractivity contribution in [3.63, 3.8) is 0 Å². The lowest BCUT2D eigenvalue weighted by molar-refractivity contribution is 0.111. The number of rotatable bonds is 6. The minimum Gasteiger partial charge on any atom is -0.493 e. The summed E-state index contributed by atoms with van der Waals surface area (Å²) in [6, 6.07) is 7.33. The Bertz CT molecular complexity index is 566. The van der Waals surface area contributed by atoms with Crippen molar-refractivity contribution < 1.29 is 14.3 Å². The van der Waals surface area contributed by atoms with Gasteiger partial charge < -0.3 is 9.47 Å². The van der Waals surface area contributed by atoms with Gasteiger partial charge in [0.1, 0.15) is 12.3 Å². The molecule has 0 radical (unpaired) electrons. The molecule has 0 aliphatic rings. The summed E-state index contributed by atoms with van der Waals surface area (Å²) in [5.41, 5.74) is 0.958. The first-order valence-corrected chi connectivity index (χ1v) is 5.93. The summed E-state index contributed by atoms with van der Waals surface area (Å²) in [6.07, 6.45) is 0.681. The van der Waals surface area contributed by atoms with Crippen molar-refractivity contribution in [2.75, 3.05) is 7.11 Å². The molecular formula is C13H15N3O3. The van der Waals surface area contributed by atoms with E-state index in [4.69, 9.17) is 9.47 Å². The quantitative estimate of drug-likeness (QED) is 0.740. The fraction of sp³-hybridized carbons (Fsp3) is 0.308. The van der Waals surface area contributed by atoms with Crippen LogP contribution < -0.4 is 9.47 Å². The maximum absolute atomic E-state index is 10.9. The van der Waals surface area contributed by atoms with Crippen LogP contribution in [0.4, 0.5) is 0 Å². The van der Waals surface area contributed by atoms with Gasteiger partial charge in [-0.2, -0.15) is 0 Å². The molecule has 0 amide bonds. The molecule has 0 atom stereocenters. The van der Waals surface area contributed by atoms with E-state index in [0.717, 1.165) is 0 Å². The lowest BCUT2D eigenvalue weighted by Gasteiger charge is -2.10. The second kappa shape index (κ2) is 5.99. The molecule has 0 saturated carbocycles. The Kier molecular flexibility index (Phi) is 4.12. The third-order valence-corrected chi connectivity index (χ3v) is 2.71. The predicted molar refractivity (Wildman–Crippen MR) is 68.4 cm³/mol. The SMILES string of the molecule is CCn1nnc(C=O)c1COc1ccccc1OC. The predicted octanol–water partition coefficient (Wildman–Crippen LogP) is 1.70. The average Bonchev–Trinajstić information content (AvgIpc) is 2.87. The lowest BCUT2D eigenvalue weighted by atomic mass is 10.3. The number of hydrogen-bond donors (Lipinski definition) is 0. The third-order valence-electron chi connectivity index (χ3n) is 2.71. The highest BCUT2D eigenvalue weighted by molar-refractivity contribution is 5.73. The first-order chi connectivity index (χ1) is 9.30. The van der Waals surface area contributed by atoms with Crippen LogP contribution >= 0.6 is 0 Å². The van der Waals surface area contributed by atoms with Crippen LogP contribution in [-0.2, 0) is 13.2 Å². The molecule has 1 heterocycles. The second-order valence-electron chi connectivity index (χ2n) is 3.79. The molecule has 2 aromatic rings. The Morgan fingerprint density at radius 1 is 1.32 bits per heavy atom. The van der Waals surface area contributed by atoms with E-state index in [1.165, 1.54) is 0 Å². The third kappa shape index (κ3) is 2.73. The number of hydrogen-bond acceptors (Lipinski definition) is 5. The summed E-state index contributed by atoms with van der Waals surface area (Å²) in [7, 11) is 1.58. The smallest absolute Gasteiger partial charge is 0.172 e. The van der Waals surface area contributed by atoms with Gasteiger partial charge in [-0.3, -0.25) is 4.79 Å². The standard InChI is InChI=1S/C13H15N3O3/c1-3-16-11(10(8-17)14-15-16)9-19-13-7-5-4-6-12(13)18-2/h4-8H,3,9H2,1-2H3. The molecule has 6 heteroatoms. The van der Waals surface area contributed by atoms with E-state index < -0.39 is 0 Å². The topological polar surface area (TPSA) is 66.2 Å². The zero-order valence-corrected chi connectivity index (χ0v) is 10.9. The fourth-order valence-electron chi connectivity index (χ4n) is 1.72. The first-order valence-electron chi connectivity index (χ1n) is 5.93. The number of ether oxygens (including phenoxy) is 2. The van der Waals surface area contributed by atoms with E-state index in [-0.39, 0.29) is 6.61 Å². The summed E-state index contributed by atoms with van der Waals surface area (Å²) >= 11 is 0. The normalized spacial score (nSPS) is 10.2. The van der Waals surface area contributed by atoms with Crippen LogP contribution in [0.2, 0.25) is 0 Å². The molecule has 0 spiro atoms. The minimum atomic E-state index is 0.218. The number of aldehydes is 1. The van der Waals surface area contributed by atoms with E-state index in [1.807, 2.05) is 25.1 Å². The molecule has 0 bridgehead atoms. The highest BCUT2D eigenvalue weighted by atomic mass is 16.5. The van der Waals surface area contributed by atoms with Gasteiger partial charge in [0, 0.05) is 6.54 Å². The molecule has 1 aromatic carbocycles. The Morgan fingerprint density at radius 2 is 2.05 bits per heavy atom. The van der Waals surface area contributed by atoms with Crippen molar-refractivity contribution in [1.29, 1.82) is 0 Å². The monoisotopic (exact) mass is 261 g/mol. The van der Waals surface area contributed by atoms with Gasteiger partial charge in [-0.25, -0.2) is 4.68 Å². The second-order valence-corrected chi connectivity index (χ2v) is 3.79. The number of benzene rings is 1. The fourth-order valence-corrected chi connectivity index (χ4v) is 1.72. The number of carbonyl (C=O) groups excluding carboxylic acids is 1. The van der Waals surface area contributed by atoms with Crippen molar-refractivity contribution >= 4 is 6.29 Å². The largest absolute Gasteiger partial charge is 0.493 e. The summed E-state index contributed by atoms with van der Waals surface area (Å²) in [5.74, 6) is 1.26. The van der Waals surface area contributed by atoms with Crippen LogP contribution in [0, 0.1) is 0 Å². The van der Waals surface area contributed by atoms with Gasteiger partial charge in [-0.05, 0) is 19.1 Å². The number of methoxy groups -OCH3 is 1. The molecule has 6 nitrogen and oxygen atoms in total. The van der Waals surface area contributed by atoms with Crippen LogP contribution in [0.3, 0.4) is 0 Å². The minimum absolute atomic E-state index is 0.218. The zero-order valence-electron chi connectivity index (χ0n) is 10.9. The van der Waals surface area contributed by atoms with Gasteiger partial charge >= 0.3 is 0 Å². The van der Waals surface area contributed by atoms with Gasteiger partial charge in [0.15, 0.2) is 23.5 Å². The molecule has 2 rings (SSSR count). The number of nitrogens with zero attached hydrogens (tertiary/aromatic N) is 3. The number of carbonyl (C=O) groups is 1. The Hall–Kier alpha value is -2.37. The molecule has 0 aliphatic carbocycles. The summed E-state index contributed by atoms with van der Waals surface area (Å²) < 4.78 is 12.5. The molecule has 0 N–H and O–H groups in total. The molecular weight excluding hydrogens is 246 g/mol. The zero-order chi connectivity index (χ0) is 13.7. The molecule has 100 valence electrons. The number of aryl methyl sites for hydroxylation is 1. The van der Waals surface area contributed by atoms with Crippen LogP contribution in [0.5, 0.6) is 11.5 Å². The van der Waals surface area contributed by atoms with E-state index in [9.17, 15) is 4.79 Å². The molecule has 0 unspecified atom stereocenters. The van der Waals surface area contributed by atoms with Crippen molar-refractivity contribution in [1.82, 2.24) is 15.0 Å².